The molecule has 1 N–H and O–H groups in total. The van der Waals surface area contributed by atoms with Gasteiger partial charge >= 0.3 is 5.97 Å². The first kappa shape index (κ1) is 27.1. The van der Waals surface area contributed by atoms with Gasteiger partial charge in [-0.05, 0) is 60.9 Å². The summed E-state index contributed by atoms with van der Waals surface area (Å²) in [5.74, 6) is -1.95. The number of carbonyl (C=O) groups excluding carboxylic acids is 2. The maximum Gasteiger partial charge on any atom is 0.308 e. The maximum absolute atomic E-state index is 13.5. The number of anilines is 1. The zero-order valence-corrected chi connectivity index (χ0v) is 22.0. The van der Waals surface area contributed by atoms with E-state index in [0.29, 0.717) is 12.0 Å². The summed E-state index contributed by atoms with van der Waals surface area (Å²) in [4.78, 5) is 25.5. The van der Waals surface area contributed by atoms with E-state index in [-0.39, 0.29) is 33.6 Å². The highest BCUT2D eigenvalue weighted by Gasteiger charge is 2.38. The Balaban J connectivity index is 1.53. The fourth-order valence-corrected chi connectivity index (χ4v) is 6.11. The first-order chi connectivity index (χ1) is 17.6. The van der Waals surface area contributed by atoms with Crippen molar-refractivity contribution in [2.45, 2.75) is 36.8 Å². The number of ether oxygens (including phenoxy) is 1. The number of sulfonamides is 1. The van der Waals surface area contributed by atoms with Crippen molar-refractivity contribution in [2.75, 3.05) is 11.9 Å². The number of nitrogens with one attached hydrogen (secondary N) is 1. The molecule has 37 heavy (non-hydrogen) atoms. The molecule has 0 radical (unpaired) electrons. The van der Waals surface area contributed by atoms with Crippen LogP contribution in [0.3, 0.4) is 0 Å². The Bertz CT molecular complexity index is 1430. The van der Waals surface area contributed by atoms with Gasteiger partial charge in [0.2, 0.25) is 10.0 Å². The lowest BCUT2D eigenvalue weighted by atomic mass is 9.92. The highest BCUT2D eigenvalue weighted by Crippen LogP contribution is 2.37. The van der Waals surface area contributed by atoms with Gasteiger partial charge in [0.15, 0.2) is 6.10 Å². The molecule has 1 aliphatic rings. The topological polar surface area (TPSA) is 92.8 Å². The van der Waals surface area contributed by atoms with Gasteiger partial charge in [0.1, 0.15) is 5.82 Å². The van der Waals surface area contributed by atoms with Crippen LogP contribution in [0.15, 0.2) is 71.6 Å². The van der Waals surface area contributed by atoms with E-state index in [9.17, 15) is 22.4 Å². The summed E-state index contributed by atoms with van der Waals surface area (Å²) in [6.45, 7) is 1.52. The summed E-state index contributed by atoms with van der Waals surface area (Å²) in [6.07, 6.45) is -1.07. The molecule has 0 bridgehead atoms. The van der Waals surface area contributed by atoms with Gasteiger partial charge in [-0.2, -0.15) is 4.31 Å². The van der Waals surface area contributed by atoms with Gasteiger partial charge in [-0.15, -0.1) is 0 Å². The minimum atomic E-state index is -4.06. The van der Waals surface area contributed by atoms with E-state index in [1.165, 1.54) is 23.4 Å². The Morgan fingerprint density at radius 1 is 1.08 bits per heavy atom. The van der Waals surface area contributed by atoms with Crippen molar-refractivity contribution < 1.29 is 27.1 Å². The van der Waals surface area contributed by atoms with Gasteiger partial charge in [-0.25, -0.2) is 12.8 Å². The molecule has 3 aromatic rings. The largest absolute Gasteiger partial charge is 0.452 e. The molecule has 1 heterocycles. The molecule has 0 aromatic heterocycles. The first-order valence-corrected chi connectivity index (χ1v) is 13.6. The third-order valence-electron chi connectivity index (χ3n) is 6.03. The smallest absolute Gasteiger partial charge is 0.308 e. The number of hydrogen-bond acceptors (Lipinski definition) is 5. The highest BCUT2D eigenvalue weighted by molar-refractivity contribution is 7.89. The number of amides is 1. The molecule has 0 spiro atoms. The molecule has 194 valence electrons. The fraction of sp³-hybridized carbons (Fsp3) is 0.231. The van der Waals surface area contributed by atoms with Crippen molar-refractivity contribution in [2.24, 2.45) is 0 Å². The summed E-state index contributed by atoms with van der Waals surface area (Å²) in [5.41, 5.74) is 1.84. The zero-order valence-electron chi connectivity index (χ0n) is 19.7. The predicted molar refractivity (Wildman–Crippen MR) is 138 cm³/mol. The second-order valence-corrected chi connectivity index (χ2v) is 11.1. The van der Waals surface area contributed by atoms with E-state index in [1.807, 2.05) is 12.1 Å². The second-order valence-electron chi connectivity index (χ2n) is 8.46. The number of rotatable bonds is 7. The predicted octanol–water partition coefficient (Wildman–Crippen LogP) is 5.38. The molecule has 1 aliphatic heterocycles. The van der Waals surface area contributed by atoms with Gasteiger partial charge < -0.3 is 10.1 Å². The highest BCUT2D eigenvalue weighted by atomic mass is 35.5. The van der Waals surface area contributed by atoms with E-state index in [1.54, 1.807) is 30.3 Å². The van der Waals surface area contributed by atoms with E-state index in [2.05, 4.69) is 5.32 Å². The van der Waals surface area contributed by atoms with Crippen LogP contribution in [-0.4, -0.2) is 37.2 Å². The van der Waals surface area contributed by atoms with E-state index < -0.39 is 39.9 Å². The Kier molecular flexibility index (Phi) is 8.18. The SMILES string of the molecule is CC(OC(=O)CC1c2ccccc2CCN1S(=O)(=O)c1ccc(F)cc1)C(=O)Nc1cccc(Cl)c1Cl. The molecule has 2 unspecified atom stereocenters. The lowest BCUT2D eigenvalue weighted by Crippen LogP contribution is -2.41. The van der Waals surface area contributed by atoms with Gasteiger partial charge in [-0.3, -0.25) is 9.59 Å². The number of nitrogens with zero attached hydrogens (tertiary/aromatic N) is 1. The Hall–Kier alpha value is -2.98. The van der Waals surface area contributed by atoms with Crippen LogP contribution in [0.25, 0.3) is 0 Å². The fourth-order valence-electron chi connectivity index (χ4n) is 4.16. The number of fused-ring (bicyclic) bond motifs is 1. The zero-order chi connectivity index (χ0) is 26.7. The van der Waals surface area contributed by atoms with Gasteiger partial charge in [0.05, 0.1) is 33.1 Å². The summed E-state index contributed by atoms with van der Waals surface area (Å²) >= 11 is 12.1. The summed E-state index contributed by atoms with van der Waals surface area (Å²) in [5, 5.41) is 2.97. The van der Waals surface area contributed by atoms with E-state index in [0.717, 1.165) is 17.7 Å². The molecule has 11 heteroatoms. The van der Waals surface area contributed by atoms with Crippen LogP contribution >= 0.6 is 23.2 Å². The first-order valence-electron chi connectivity index (χ1n) is 11.4. The number of benzene rings is 3. The standard InChI is InChI=1S/C26H23Cl2FN2O5S/c1-16(26(33)30-22-8-4-7-21(27)25(22)28)36-24(32)15-23-20-6-3-2-5-17(20)13-14-31(23)37(34,35)19-11-9-18(29)10-12-19/h2-12,16,23H,13-15H2,1H3,(H,30,33). The van der Waals surface area contributed by atoms with Crippen LogP contribution < -0.4 is 5.32 Å². The van der Waals surface area contributed by atoms with Gasteiger partial charge in [0, 0.05) is 6.54 Å². The van der Waals surface area contributed by atoms with Gasteiger partial charge in [0.25, 0.3) is 5.91 Å². The monoisotopic (exact) mass is 564 g/mol. The van der Waals surface area contributed by atoms with Crippen molar-refractivity contribution in [3.63, 3.8) is 0 Å². The quantitative estimate of drug-likeness (QED) is 0.389. The van der Waals surface area contributed by atoms with E-state index in [4.69, 9.17) is 27.9 Å². The number of halogens is 3. The molecular weight excluding hydrogens is 542 g/mol. The summed E-state index contributed by atoms with van der Waals surface area (Å²) in [7, 11) is -4.06. The molecule has 0 aliphatic carbocycles. The molecule has 0 fully saturated rings. The lowest BCUT2D eigenvalue weighted by molar-refractivity contribution is -0.154. The molecule has 0 saturated carbocycles. The molecular formula is C26H23Cl2FN2O5S. The maximum atomic E-state index is 13.5. The average Bonchev–Trinajstić information content (AvgIpc) is 2.87. The average molecular weight is 565 g/mol. The van der Waals surface area contributed by atoms with Crippen LogP contribution in [0.1, 0.15) is 30.5 Å². The van der Waals surface area contributed by atoms with E-state index >= 15 is 0 Å². The molecule has 4 rings (SSSR count). The van der Waals surface area contributed by atoms with Crippen molar-refractivity contribution in [3.05, 3.63) is 93.7 Å². The third-order valence-corrected chi connectivity index (χ3v) is 8.77. The number of hydrogen-bond donors (Lipinski definition) is 1. The molecule has 2 atom stereocenters. The normalized spacial score (nSPS) is 16.5. The Morgan fingerprint density at radius 3 is 2.51 bits per heavy atom. The van der Waals surface area contributed by atoms with Crippen molar-refractivity contribution in [1.29, 1.82) is 0 Å². The minimum Gasteiger partial charge on any atom is -0.452 e. The van der Waals surface area contributed by atoms with Crippen LogP contribution in [0.2, 0.25) is 10.0 Å². The molecule has 0 saturated heterocycles. The minimum absolute atomic E-state index is 0.0854. The van der Waals surface area contributed by atoms with Gasteiger partial charge in [-0.1, -0.05) is 53.5 Å². The lowest BCUT2D eigenvalue weighted by Gasteiger charge is -2.36. The van der Waals surface area contributed by atoms with Crippen LogP contribution in [0, 0.1) is 5.82 Å². The number of carbonyl (C=O) groups is 2. The molecule has 3 aromatic carbocycles. The van der Waals surface area contributed by atoms with Crippen molar-refractivity contribution in [3.8, 4) is 0 Å². The molecule has 1 amide bonds. The third kappa shape index (κ3) is 5.96. The second kappa shape index (κ2) is 11.2. The van der Waals surface area contributed by atoms with Crippen molar-refractivity contribution >= 4 is 50.8 Å². The summed E-state index contributed by atoms with van der Waals surface area (Å²) in [6, 6.07) is 15.6. The molecule has 7 nitrogen and oxygen atoms in total. The number of esters is 1. The van der Waals surface area contributed by atoms with Crippen molar-refractivity contribution in [1.82, 2.24) is 4.31 Å². The summed E-state index contributed by atoms with van der Waals surface area (Å²) < 4.78 is 46.9. The van der Waals surface area contributed by atoms with Crippen LogP contribution in [-0.2, 0) is 30.8 Å². The van der Waals surface area contributed by atoms with Crippen LogP contribution in [0.5, 0.6) is 0 Å². The Labute approximate surface area is 224 Å². The van der Waals surface area contributed by atoms with Crippen LogP contribution in [0.4, 0.5) is 10.1 Å². The Morgan fingerprint density at radius 2 is 1.78 bits per heavy atom.